The number of rotatable bonds is 10. The van der Waals surface area contributed by atoms with Gasteiger partial charge in [-0.15, -0.1) is 0 Å². The van der Waals surface area contributed by atoms with Gasteiger partial charge in [0, 0.05) is 0 Å². The van der Waals surface area contributed by atoms with Crippen molar-refractivity contribution in [3.05, 3.63) is 29.8 Å². The van der Waals surface area contributed by atoms with Crippen molar-refractivity contribution in [3.63, 3.8) is 0 Å². The van der Waals surface area contributed by atoms with Crippen molar-refractivity contribution in [3.8, 4) is 5.75 Å². The first-order valence-electron chi connectivity index (χ1n) is 7.76. The molecule has 0 aliphatic carbocycles. The molecule has 20 heavy (non-hydrogen) atoms. The Hall–Kier alpha value is -1.51. The molecule has 0 spiro atoms. The number of ether oxygens (including phenoxy) is 1. The lowest BCUT2D eigenvalue weighted by Crippen LogP contribution is -2.02. The monoisotopic (exact) mass is 277 g/mol. The normalized spacial score (nSPS) is 11.6. The molecule has 0 saturated carbocycles. The van der Waals surface area contributed by atoms with E-state index in [1.54, 1.807) is 0 Å². The Balaban J connectivity index is 2.43. The van der Waals surface area contributed by atoms with Gasteiger partial charge in [0.1, 0.15) is 5.75 Å². The van der Waals surface area contributed by atoms with Crippen LogP contribution in [0.5, 0.6) is 5.75 Å². The van der Waals surface area contributed by atoms with Crippen LogP contribution in [0, 0.1) is 0 Å². The van der Waals surface area contributed by atoms with Gasteiger partial charge in [0.2, 0.25) is 0 Å². The molecule has 112 valence electrons. The number of hydrogen-bond donors (Lipinski definition) is 1. The smallest absolute Gasteiger partial charge is 0.119 e. The third-order valence-electron chi connectivity index (χ3n) is 3.34. The number of unbranched alkanes of at least 4 members (excludes halogenated alkanes) is 4. The minimum Gasteiger partial charge on any atom is -0.494 e. The van der Waals surface area contributed by atoms with Crippen molar-refractivity contribution in [2.45, 2.75) is 58.8 Å². The molecule has 1 rings (SSSR count). The average Bonchev–Trinajstić information content (AvgIpc) is 2.49. The van der Waals surface area contributed by atoms with Crippen LogP contribution in [0.25, 0.3) is 0 Å². The van der Waals surface area contributed by atoms with Crippen LogP contribution in [0.1, 0.15) is 64.4 Å². The Labute approximate surface area is 122 Å². The minimum absolute atomic E-state index is 0.751. The SMILES string of the molecule is CCCCCCOc1ccc(C(CCCC)=NO)cc1. The molecule has 0 heterocycles. The molecule has 0 unspecified atom stereocenters. The highest BCUT2D eigenvalue weighted by Gasteiger charge is 2.04. The van der Waals surface area contributed by atoms with E-state index in [-0.39, 0.29) is 0 Å². The summed E-state index contributed by atoms with van der Waals surface area (Å²) in [6, 6.07) is 7.83. The van der Waals surface area contributed by atoms with Crippen molar-refractivity contribution < 1.29 is 9.94 Å². The van der Waals surface area contributed by atoms with E-state index in [1.165, 1.54) is 19.3 Å². The van der Waals surface area contributed by atoms with Crippen LogP contribution in [-0.4, -0.2) is 17.5 Å². The second-order valence-corrected chi connectivity index (χ2v) is 5.08. The molecular weight excluding hydrogens is 250 g/mol. The molecule has 0 aromatic heterocycles. The predicted molar refractivity (Wildman–Crippen MR) is 83.9 cm³/mol. The highest BCUT2D eigenvalue weighted by molar-refractivity contribution is 6.00. The second-order valence-electron chi connectivity index (χ2n) is 5.08. The molecule has 0 bridgehead atoms. The quantitative estimate of drug-likeness (QED) is 0.282. The van der Waals surface area contributed by atoms with E-state index in [4.69, 9.17) is 9.94 Å². The zero-order valence-corrected chi connectivity index (χ0v) is 12.8. The van der Waals surface area contributed by atoms with Gasteiger partial charge in [-0.25, -0.2) is 0 Å². The molecule has 0 aliphatic heterocycles. The van der Waals surface area contributed by atoms with Crippen molar-refractivity contribution >= 4 is 5.71 Å². The van der Waals surface area contributed by atoms with Crippen LogP contribution in [0.3, 0.4) is 0 Å². The van der Waals surface area contributed by atoms with Crippen LogP contribution in [0.2, 0.25) is 0 Å². The summed E-state index contributed by atoms with van der Waals surface area (Å²) < 4.78 is 5.70. The molecule has 3 heteroatoms. The Bertz CT molecular complexity index is 384. The fourth-order valence-corrected chi connectivity index (χ4v) is 2.06. The van der Waals surface area contributed by atoms with Gasteiger partial charge in [0.05, 0.1) is 12.3 Å². The van der Waals surface area contributed by atoms with Gasteiger partial charge < -0.3 is 9.94 Å². The van der Waals surface area contributed by atoms with Gasteiger partial charge in [-0.1, -0.05) is 44.7 Å². The summed E-state index contributed by atoms with van der Waals surface area (Å²) in [6.07, 6.45) is 7.80. The molecule has 3 nitrogen and oxygen atoms in total. The number of hydrogen-bond acceptors (Lipinski definition) is 3. The molecule has 0 saturated heterocycles. The molecule has 0 radical (unpaired) electrons. The third-order valence-corrected chi connectivity index (χ3v) is 3.34. The summed E-state index contributed by atoms with van der Waals surface area (Å²) in [5.74, 6) is 0.887. The number of benzene rings is 1. The maximum atomic E-state index is 9.06. The maximum absolute atomic E-state index is 9.06. The van der Waals surface area contributed by atoms with Crippen molar-refractivity contribution in [1.29, 1.82) is 0 Å². The molecular formula is C17H27NO2. The standard InChI is InChI=1S/C17H27NO2/c1-3-5-7-8-14-20-16-12-10-15(11-13-16)17(18-19)9-6-4-2/h10-13,19H,3-9,14H2,1-2H3. The van der Waals surface area contributed by atoms with E-state index >= 15 is 0 Å². The van der Waals surface area contributed by atoms with Crippen LogP contribution >= 0.6 is 0 Å². The fourth-order valence-electron chi connectivity index (χ4n) is 2.06. The summed E-state index contributed by atoms with van der Waals surface area (Å²) >= 11 is 0. The highest BCUT2D eigenvalue weighted by atomic mass is 16.5. The summed E-state index contributed by atoms with van der Waals surface area (Å²) in [4.78, 5) is 0. The lowest BCUT2D eigenvalue weighted by Gasteiger charge is -2.08. The van der Waals surface area contributed by atoms with E-state index in [1.807, 2.05) is 24.3 Å². The van der Waals surface area contributed by atoms with Crippen LogP contribution in [0.4, 0.5) is 0 Å². The van der Waals surface area contributed by atoms with E-state index in [0.717, 1.165) is 49.3 Å². The third kappa shape index (κ3) is 6.09. The van der Waals surface area contributed by atoms with Gasteiger partial charge in [0.15, 0.2) is 0 Å². The highest BCUT2D eigenvalue weighted by Crippen LogP contribution is 2.15. The van der Waals surface area contributed by atoms with Gasteiger partial charge in [-0.2, -0.15) is 0 Å². The van der Waals surface area contributed by atoms with Crippen molar-refractivity contribution in [2.75, 3.05) is 6.61 Å². The average molecular weight is 277 g/mol. The largest absolute Gasteiger partial charge is 0.494 e. The van der Waals surface area contributed by atoms with Crippen LogP contribution in [-0.2, 0) is 0 Å². The zero-order chi connectivity index (χ0) is 14.6. The predicted octanol–water partition coefficient (Wildman–Crippen LogP) is 5.01. The second kappa shape index (κ2) is 10.3. The maximum Gasteiger partial charge on any atom is 0.119 e. The van der Waals surface area contributed by atoms with Gasteiger partial charge in [-0.3, -0.25) is 0 Å². The molecule has 1 N–H and O–H groups in total. The first kappa shape index (κ1) is 16.5. The summed E-state index contributed by atoms with van der Waals surface area (Å²) in [5, 5.41) is 12.5. The van der Waals surface area contributed by atoms with E-state index < -0.39 is 0 Å². The van der Waals surface area contributed by atoms with Crippen molar-refractivity contribution in [2.24, 2.45) is 5.16 Å². The summed E-state index contributed by atoms with van der Waals surface area (Å²) in [7, 11) is 0. The van der Waals surface area contributed by atoms with Gasteiger partial charge >= 0.3 is 0 Å². The summed E-state index contributed by atoms with van der Waals surface area (Å²) in [6.45, 7) is 5.11. The molecule has 0 atom stereocenters. The van der Waals surface area contributed by atoms with E-state index in [9.17, 15) is 0 Å². The first-order valence-corrected chi connectivity index (χ1v) is 7.76. The molecule has 0 aliphatic rings. The first-order chi connectivity index (χ1) is 9.81. The Morgan fingerprint density at radius 3 is 2.30 bits per heavy atom. The molecule has 1 aromatic carbocycles. The Morgan fingerprint density at radius 1 is 1.00 bits per heavy atom. The lowest BCUT2D eigenvalue weighted by atomic mass is 10.0. The molecule has 1 aromatic rings. The topological polar surface area (TPSA) is 41.8 Å². The van der Waals surface area contributed by atoms with Gasteiger partial charge in [0.25, 0.3) is 0 Å². The minimum atomic E-state index is 0.751. The van der Waals surface area contributed by atoms with E-state index in [0.29, 0.717) is 0 Å². The number of oxime groups is 1. The Kier molecular flexibility index (Phi) is 8.52. The molecule has 0 fully saturated rings. The lowest BCUT2D eigenvalue weighted by molar-refractivity contribution is 0.305. The van der Waals surface area contributed by atoms with E-state index in [2.05, 4.69) is 19.0 Å². The molecule has 0 amide bonds. The number of nitrogens with zero attached hydrogens (tertiary/aromatic N) is 1. The fraction of sp³-hybridized carbons (Fsp3) is 0.588. The van der Waals surface area contributed by atoms with Crippen molar-refractivity contribution in [1.82, 2.24) is 0 Å². The van der Waals surface area contributed by atoms with Crippen LogP contribution in [0.15, 0.2) is 29.4 Å². The summed E-state index contributed by atoms with van der Waals surface area (Å²) in [5.41, 5.74) is 1.72. The van der Waals surface area contributed by atoms with Gasteiger partial charge in [-0.05, 0) is 49.1 Å². The van der Waals surface area contributed by atoms with Crippen LogP contribution < -0.4 is 4.74 Å². The zero-order valence-electron chi connectivity index (χ0n) is 12.8. The Morgan fingerprint density at radius 2 is 1.70 bits per heavy atom.